The van der Waals surface area contributed by atoms with Gasteiger partial charge in [-0.3, -0.25) is 9.59 Å². The van der Waals surface area contributed by atoms with Crippen molar-refractivity contribution in [2.75, 3.05) is 13.1 Å². The van der Waals surface area contributed by atoms with Crippen molar-refractivity contribution in [3.63, 3.8) is 0 Å². The van der Waals surface area contributed by atoms with Gasteiger partial charge in [0, 0.05) is 25.6 Å². The van der Waals surface area contributed by atoms with Gasteiger partial charge in [-0.25, -0.2) is 0 Å². The van der Waals surface area contributed by atoms with Crippen LogP contribution in [0.1, 0.15) is 32.8 Å². The standard InChI is InChI=1S/C18H26N2O2/c1-13(2)14(3)19-18(22)16-11-17(21)20(12-16)10-9-15-7-5-4-6-8-15/h4-8,13-14,16H,9-12H2,1-3H3,(H,19,22). The van der Waals surface area contributed by atoms with Crippen LogP contribution in [0.25, 0.3) is 0 Å². The van der Waals surface area contributed by atoms with Gasteiger partial charge < -0.3 is 10.2 Å². The number of likely N-dealkylation sites (tertiary alicyclic amines) is 1. The van der Waals surface area contributed by atoms with Gasteiger partial charge in [0.15, 0.2) is 0 Å². The molecule has 4 heteroatoms. The van der Waals surface area contributed by atoms with Gasteiger partial charge in [0.2, 0.25) is 11.8 Å². The average Bonchev–Trinajstić information content (AvgIpc) is 2.87. The maximum atomic E-state index is 12.2. The highest BCUT2D eigenvalue weighted by Gasteiger charge is 2.34. The molecule has 2 atom stereocenters. The van der Waals surface area contributed by atoms with E-state index in [4.69, 9.17) is 0 Å². The third kappa shape index (κ3) is 4.33. The first kappa shape index (κ1) is 16.5. The largest absolute Gasteiger partial charge is 0.353 e. The van der Waals surface area contributed by atoms with Gasteiger partial charge in [0.1, 0.15) is 0 Å². The molecule has 1 fully saturated rings. The first-order valence-electron chi connectivity index (χ1n) is 8.09. The quantitative estimate of drug-likeness (QED) is 0.876. The normalized spacial score (nSPS) is 19.5. The van der Waals surface area contributed by atoms with Gasteiger partial charge in [-0.2, -0.15) is 0 Å². The fraction of sp³-hybridized carbons (Fsp3) is 0.556. The fourth-order valence-electron chi connectivity index (χ4n) is 2.58. The number of nitrogens with zero attached hydrogens (tertiary/aromatic N) is 1. The van der Waals surface area contributed by atoms with Crippen molar-refractivity contribution >= 4 is 11.8 Å². The Morgan fingerprint density at radius 2 is 1.95 bits per heavy atom. The zero-order chi connectivity index (χ0) is 16.1. The lowest BCUT2D eigenvalue weighted by Gasteiger charge is -2.20. The van der Waals surface area contributed by atoms with E-state index in [0.717, 1.165) is 6.42 Å². The van der Waals surface area contributed by atoms with Crippen LogP contribution in [0.5, 0.6) is 0 Å². The predicted molar refractivity (Wildman–Crippen MR) is 87.3 cm³/mol. The number of carbonyl (C=O) groups is 2. The minimum atomic E-state index is -0.204. The summed E-state index contributed by atoms with van der Waals surface area (Å²) in [5.41, 5.74) is 1.22. The van der Waals surface area contributed by atoms with E-state index in [1.54, 1.807) is 0 Å². The van der Waals surface area contributed by atoms with Crippen molar-refractivity contribution in [3.05, 3.63) is 35.9 Å². The van der Waals surface area contributed by atoms with Crippen molar-refractivity contribution < 1.29 is 9.59 Å². The Morgan fingerprint density at radius 1 is 1.27 bits per heavy atom. The predicted octanol–water partition coefficient (Wildman–Crippen LogP) is 2.24. The molecule has 0 aromatic heterocycles. The molecule has 1 aliphatic rings. The van der Waals surface area contributed by atoms with E-state index >= 15 is 0 Å². The van der Waals surface area contributed by atoms with Gasteiger partial charge in [0.25, 0.3) is 0 Å². The fourth-order valence-corrected chi connectivity index (χ4v) is 2.58. The maximum absolute atomic E-state index is 12.2. The monoisotopic (exact) mass is 302 g/mol. The van der Waals surface area contributed by atoms with Crippen molar-refractivity contribution in [3.8, 4) is 0 Å². The van der Waals surface area contributed by atoms with Gasteiger partial charge in [0.05, 0.1) is 5.92 Å². The summed E-state index contributed by atoms with van der Waals surface area (Å²) >= 11 is 0. The summed E-state index contributed by atoms with van der Waals surface area (Å²) in [6, 6.07) is 10.3. The molecule has 4 nitrogen and oxygen atoms in total. The molecule has 0 bridgehead atoms. The first-order chi connectivity index (χ1) is 10.5. The van der Waals surface area contributed by atoms with Crippen LogP contribution in [0.3, 0.4) is 0 Å². The minimum absolute atomic E-state index is 0.0109. The van der Waals surface area contributed by atoms with Crippen LogP contribution in [-0.4, -0.2) is 35.8 Å². The molecule has 0 aliphatic carbocycles. The molecule has 1 saturated heterocycles. The molecule has 1 aromatic rings. The molecule has 2 rings (SSSR count). The van der Waals surface area contributed by atoms with Gasteiger partial charge in [-0.1, -0.05) is 44.2 Å². The highest BCUT2D eigenvalue weighted by Crippen LogP contribution is 2.19. The van der Waals surface area contributed by atoms with Crippen LogP contribution >= 0.6 is 0 Å². The number of hydrogen-bond donors (Lipinski definition) is 1. The van der Waals surface area contributed by atoms with Crippen LogP contribution in [0.15, 0.2) is 30.3 Å². The van der Waals surface area contributed by atoms with Crippen LogP contribution in [0.4, 0.5) is 0 Å². The van der Waals surface area contributed by atoms with Gasteiger partial charge >= 0.3 is 0 Å². The molecular formula is C18H26N2O2. The molecule has 120 valence electrons. The Labute approximate surface area is 132 Å². The molecule has 1 aliphatic heterocycles. The molecule has 22 heavy (non-hydrogen) atoms. The number of amides is 2. The third-order valence-electron chi connectivity index (χ3n) is 4.47. The van der Waals surface area contributed by atoms with Crippen molar-refractivity contribution in [2.24, 2.45) is 11.8 Å². The Morgan fingerprint density at radius 3 is 2.59 bits per heavy atom. The first-order valence-corrected chi connectivity index (χ1v) is 8.09. The average molecular weight is 302 g/mol. The van der Waals surface area contributed by atoms with E-state index in [9.17, 15) is 9.59 Å². The molecule has 2 amide bonds. The second-order valence-electron chi connectivity index (χ2n) is 6.52. The molecule has 1 aromatic carbocycles. The summed E-state index contributed by atoms with van der Waals surface area (Å²) in [5, 5.41) is 3.02. The van der Waals surface area contributed by atoms with Crippen molar-refractivity contribution in [2.45, 2.75) is 39.7 Å². The molecule has 0 spiro atoms. The molecule has 2 unspecified atom stereocenters. The Balaban J connectivity index is 1.84. The summed E-state index contributed by atoms with van der Waals surface area (Å²) in [6.45, 7) is 7.40. The molecular weight excluding hydrogens is 276 g/mol. The van der Waals surface area contributed by atoms with E-state index in [1.165, 1.54) is 5.56 Å². The van der Waals surface area contributed by atoms with Crippen molar-refractivity contribution in [1.29, 1.82) is 0 Å². The summed E-state index contributed by atoms with van der Waals surface area (Å²) in [5.74, 6) is 0.296. The second kappa shape index (κ2) is 7.43. The zero-order valence-electron chi connectivity index (χ0n) is 13.7. The lowest BCUT2D eigenvalue weighted by molar-refractivity contribution is -0.129. The number of hydrogen-bond acceptors (Lipinski definition) is 2. The van der Waals surface area contributed by atoms with E-state index < -0.39 is 0 Å². The molecule has 0 radical (unpaired) electrons. The van der Waals surface area contributed by atoms with E-state index in [2.05, 4.69) is 31.3 Å². The SMILES string of the molecule is CC(C)C(C)NC(=O)C1CC(=O)N(CCc2ccccc2)C1. The van der Waals surface area contributed by atoms with E-state index in [-0.39, 0.29) is 23.8 Å². The molecule has 1 heterocycles. The number of benzene rings is 1. The number of carbonyl (C=O) groups excluding carboxylic acids is 2. The van der Waals surface area contributed by atoms with E-state index in [0.29, 0.717) is 25.4 Å². The topological polar surface area (TPSA) is 49.4 Å². The number of rotatable bonds is 6. The summed E-state index contributed by atoms with van der Waals surface area (Å²) in [7, 11) is 0. The van der Waals surface area contributed by atoms with Crippen molar-refractivity contribution in [1.82, 2.24) is 10.2 Å². The number of nitrogens with one attached hydrogen (secondary N) is 1. The third-order valence-corrected chi connectivity index (χ3v) is 4.47. The van der Waals surface area contributed by atoms with E-state index in [1.807, 2.05) is 30.0 Å². The Kier molecular flexibility index (Phi) is 5.58. The minimum Gasteiger partial charge on any atom is -0.353 e. The summed E-state index contributed by atoms with van der Waals surface area (Å²) in [4.78, 5) is 26.1. The maximum Gasteiger partial charge on any atom is 0.225 e. The second-order valence-corrected chi connectivity index (χ2v) is 6.52. The Bertz CT molecular complexity index is 513. The van der Waals surface area contributed by atoms with Crippen LogP contribution in [-0.2, 0) is 16.0 Å². The zero-order valence-corrected chi connectivity index (χ0v) is 13.7. The smallest absolute Gasteiger partial charge is 0.225 e. The molecule has 0 saturated carbocycles. The van der Waals surface area contributed by atoms with Gasteiger partial charge in [-0.15, -0.1) is 0 Å². The summed E-state index contributed by atoms with van der Waals surface area (Å²) in [6.07, 6.45) is 1.18. The van der Waals surface area contributed by atoms with Crippen LogP contribution in [0.2, 0.25) is 0 Å². The summed E-state index contributed by atoms with van der Waals surface area (Å²) < 4.78 is 0. The van der Waals surface area contributed by atoms with Crippen LogP contribution < -0.4 is 5.32 Å². The Hall–Kier alpha value is -1.84. The highest BCUT2D eigenvalue weighted by atomic mass is 16.2. The molecule has 1 N–H and O–H groups in total. The lowest BCUT2D eigenvalue weighted by Crippen LogP contribution is -2.40. The highest BCUT2D eigenvalue weighted by molar-refractivity contribution is 5.89. The lowest BCUT2D eigenvalue weighted by atomic mass is 10.0. The van der Waals surface area contributed by atoms with Crippen LogP contribution in [0, 0.1) is 11.8 Å². The van der Waals surface area contributed by atoms with Gasteiger partial charge in [-0.05, 0) is 24.8 Å².